The summed E-state index contributed by atoms with van der Waals surface area (Å²) in [5.41, 5.74) is 7.57. The van der Waals surface area contributed by atoms with Crippen molar-refractivity contribution in [1.29, 1.82) is 0 Å². The third-order valence-electron chi connectivity index (χ3n) is 4.25. The van der Waals surface area contributed by atoms with Crippen molar-refractivity contribution in [2.24, 2.45) is 5.92 Å². The van der Waals surface area contributed by atoms with Crippen LogP contribution in [0.5, 0.6) is 0 Å². The Morgan fingerprint density at radius 2 is 2.11 bits per heavy atom. The molecule has 1 aromatic carbocycles. The molecule has 0 amide bonds. The van der Waals surface area contributed by atoms with Gasteiger partial charge in [-0.2, -0.15) is 0 Å². The third-order valence-corrected chi connectivity index (χ3v) is 4.86. The molecule has 0 aliphatic heterocycles. The Labute approximate surface area is 120 Å². The fraction of sp³-hybridized carbons (Fsp3) is 0.500. The summed E-state index contributed by atoms with van der Waals surface area (Å²) in [4.78, 5) is 4.29. The summed E-state index contributed by atoms with van der Waals surface area (Å²) in [6.45, 7) is 2.19. The first-order chi connectivity index (χ1) is 9.08. The maximum Gasteiger partial charge on any atom is 0.201 e. The highest BCUT2D eigenvalue weighted by Crippen LogP contribution is 2.37. The molecule has 1 atom stereocenters. The zero-order chi connectivity index (χ0) is 13.6. The van der Waals surface area contributed by atoms with E-state index in [2.05, 4.69) is 32.4 Å². The van der Waals surface area contributed by atoms with Gasteiger partial charge in [0.25, 0.3) is 0 Å². The van der Waals surface area contributed by atoms with Gasteiger partial charge in [0, 0.05) is 12.1 Å². The second kappa shape index (κ2) is 4.78. The third kappa shape index (κ3) is 2.14. The Balaban J connectivity index is 2.11. The van der Waals surface area contributed by atoms with Crippen LogP contribution in [0.1, 0.15) is 38.6 Å². The van der Waals surface area contributed by atoms with Gasteiger partial charge in [-0.25, -0.2) is 9.37 Å². The number of aromatic nitrogens is 2. The number of anilines is 1. The van der Waals surface area contributed by atoms with Crippen LogP contribution in [0, 0.1) is 11.7 Å². The van der Waals surface area contributed by atoms with Crippen LogP contribution >= 0.6 is 15.9 Å². The van der Waals surface area contributed by atoms with Gasteiger partial charge in [-0.15, -0.1) is 0 Å². The van der Waals surface area contributed by atoms with E-state index in [0.717, 1.165) is 5.52 Å². The molecule has 1 fully saturated rings. The summed E-state index contributed by atoms with van der Waals surface area (Å²) in [7, 11) is 0. The quantitative estimate of drug-likeness (QED) is 0.895. The minimum Gasteiger partial charge on any atom is -0.369 e. The van der Waals surface area contributed by atoms with Crippen molar-refractivity contribution in [2.45, 2.75) is 38.6 Å². The molecule has 2 N–H and O–H groups in total. The molecule has 0 bridgehead atoms. The number of halogens is 2. The van der Waals surface area contributed by atoms with E-state index >= 15 is 0 Å². The van der Waals surface area contributed by atoms with Gasteiger partial charge in [0.05, 0.1) is 15.5 Å². The van der Waals surface area contributed by atoms with Gasteiger partial charge in [0.2, 0.25) is 5.95 Å². The summed E-state index contributed by atoms with van der Waals surface area (Å²) < 4.78 is 16.1. The predicted octanol–water partition coefficient (Wildman–Crippen LogP) is 4.27. The molecule has 5 heteroatoms. The number of nitrogen functional groups attached to an aromatic ring is 1. The molecule has 0 radical (unpaired) electrons. The zero-order valence-electron chi connectivity index (χ0n) is 10.9. The molecule has 1 saturated carbocycles. The largest absolute Gasteiger partial charge is 0.369 e. The summed E-state index contributed by atoms with van der Waals surface area (Å²) in [6.07, 6.45) is 5.06. The van der Waals surface area contributed by atoms with Crippen LogP contribution in [0.2, 0.25) is 0 Å². The highest BCUT2D eigenvalue weighted by atomic mass is 79.9. The number of imidazole rings is 1. The van der Waals surface area contributed by atoms with Gasteiger partial charge in [0.1, 0.15) is 5.82 Å². The lowest BCUT2D eigenvalue weighted by molar-refractivity contribution is 0.371. The lowest BCUT2D eigenvalue weighted by Crippen LogP contribution is -2.16. The predicted molar refractivity (Wildman–Crippen MR) is 78.5 cm³/mol. The minimum absolute atomic E-state index is 0.300. The fourth-order valence-corrected chi connectivity index (χ4v) is 3.52. The number of hydrogen-bond donors (Lipinski definition) is 1. The number of nitrogens with two attached hydrogens (primary N) is 1. The number of nitrogens with zero attached hydrogens (tertiary/aromatic N) is 2. The monoisotopic (exact) mass is 325 g/mol. The lowest BCUT2D eigenvalue weighted by Gasteiger charge is -2.22. The second-order valence-electron chi connectivity index (χ2n) is 5.38. The first-order valence-corrected chi connectivity index (χ1v) is 7.49. The minimum atomic E-state index is -0.300. The van der Waals surface area contributed by atoms with Gasteiger partial charge < -0.3 is 10.3 Å². The van der Waals surface area contributed by atoms with Crippen LogP contribution in [0.4, 0.5) is 10.3 Å². The number of benzene rings is 1. The highest BCUT2D eigenvalue weighted by Gasteiger charge is 2.25. The van der Waals surface area contributed by atoms with E-state index in [1.54, 1.807) is 6.07 Å². The average molecular weight is 326 g/mol. The molecule has 1 aliphatic rings. The molecular formula is C14H17BrFN3. The molecule has 1 aromatic heterocycles. The fourth-order valence-electron chi connectivity index (χ4n) is 3.19. The Kier molecular flexibility index (Phi) is 3.25. The Morgan fingerprint density at radius 3 is 2.79 bits per heavy atom. The van der Waals surface area contributed by atoms with Gasteiger partial charge in [-0.05, 0) is 47.7 Å². The lowest BCUT2D eigenvalue weighted by atomic mass is 9.99. The maximum atomic E-state index is 13.6. The highest BCUT2D eigenvalue weighted by molar-refractivity contribution is 9.10. The normalized spacial score (nSPS) is 18.3. The standard InChI is InChI=1S/C14H17BrFN3/c1-8(9-4-2-3-5-9)19-13-6-10(15)11(16)7-12(13)18-14(19)17/h6-9H,2-5H2,1H3,(H2,17,18). The van der Waals surface area contributed by atoms with E-state index in [4.69, 9.17) is 5.73 Å². The van der Waals surface area contributed by atoms with Gasteiger partial charge in [0.15, 0.2) is 0 Å². The average Bonchev–Trinajstić information content (AvgIpc) is 2.97. The van der Waals surface area contributed by atoms with E-state index in [1.807, 2.05) is 0 Å². The van der Waals surface area contributed by atoms with E-state index in [1.165, 1.54) is 31.7 Å². The van der Waals surface area contributed by atoms with Crippen LogP contribution in [0.15, 0.2) is 16.6 Å². The first kappa shape index (κ1) is 12.9. The maximum absolute atomic E-state index is 13.6. The number of fused-ring (bicyclic) bond motifs is 1. The van der Waals surface area contributed by atoms with E-state index in [9.17, 15) is 4.39 Å². The van der Waals surface area contributed by atoms with Crippen molar-refractivity contribution in [2.75, 3.05) is 5.73 Å². The summed E-state index contributed by atoms with van der Waals surface area (Å²) >= 11 is 3.24. The molecule has 0 saturated heterocycles. The summed E-state index contributed by atoms with van der Waals surface area (Å²) in [5, 5.41) is 0. The van der Waals surface area contributed by atoms with Gasteiger partial charge in [-0.3, -0.25) is 0 Å². The van der Waals surface area contributed by atoms with Crippen LogP contribution in [0.25, 0.3) is 11.0 Å². The molecule has 2 aromatic rings. The number of rotatable bonds is 2. The first-order valence-electron chi connectivity index (χ1n) is 6.70. The Morgan fingerprint density at radius 1 is 1.42 bits per heavy atom. The van der Waals surface area contributed by atoms with Crippen LogP contribution in [-0.4, -0.2) is 9.55 Å². The molecular weight excluding hydrogens is 309 g/mol. The van der Waals surface area contributed by atoms with Crippen LogP contribution < -0.4 is 5.73 Å². The van der Waals surface area contributed by atoms with E-state index in [-0.39, 0.29) is 5.82 Å². The molecule has 1 heterocycles. The van der Waals surface area contributed by atoms with Crippen molar-refractivity contribution in [3.05, 3.63) is 22.4 Å². The van der Waals surface area contributed by atoms with E-state index in [0.29, 0.717) is 27.9 Å². The summed E-state index contributed by atoms with van der Waals surface area (Å²) in [6, 6.07) is 3.53. The molecule has 1 aliphatic carbocycles. The van der Waals surface area contributed by atoms with Crippen molar-refractivity contribution in [1.82, 2.24) is 9.55 Å². The topological polar surface area (TPSA) is 43.8 Å². The number of hydrogen-bond acceptors (Lipinski definition) is 2. The van der Waals surface area contributed by atoms with Crippen molar-refractivity contribution >= 4 is 32.9 Å². The molecule has 19 heavy (non-hydrogen) atoms. The Hall–Kier alpha value is -1.10. The smallest absolute Gasteiger partial charge is 0.201 e. The van der Waals surface area contributed by atoms with Crippen molar-refractivity contribution < 1.29 is 4.39 Å². The second-order valence-corrected chi connectivity index (χ2v) is 6.23. The summed E-state index contributed by atoms with van der Waals surface area (Å²) in [5.74, 6) is 0.820. The van der Waals surface area contributed by atoms with Crippen molar-refractivity contribution in [3.63, 3.8) is 0 Å². The van der Waals surface area contributed by atoms with Gasteiger partial charge >= 0.3 is 0 Å². The van der Waals surface area contributed by atoms with Crippen molar-refractivity contribution in [3.8, 4) is 0 Å². The molecule has 3 nitrogen and oxygen atoms in total. The van der Waals surface area contributed by atoms with Gasteiger partial charge in [-0.1, -0.05) is 12.8 Å². The zero-order valence-corrected chi connectivity index (χ0v) is 12.5. The molecule has 102 valence electrons. The van der Waals surface area contributed by atoms with Crippen LogP contribution in [-0.2, 0) is 0 Å². The molecule has 3 rings (SSSR count). The van der Waals surface area contributed by atoms with E-state index < -0.39 is 0 Å². The molecule has 0 spiro atoms. The van der Waals surface area contributed by atoms with Crippen LogP contribution in [0.3, 0.4) is 0 Å². The Bertz CT molecular complexity index is 617. The SMILES string of the molecule is CC(C1CCCC1)n1c(N)nc2cc(F)c(Br)cc21. The molecule has 1 unspecified atom stereocenters.